The van der Waals surface area contributed by atoms with Crippen LogP contribution in [0.5, 0.6) is 0 Å². The summed E-state index contributed by atoms with van der Waals surface area (Å²) >= 11 is 2.75. The molecule has 5 aromatic rings. The minimum absolute atomic E-state index is 0.0802. The van der Waals surface area contributed by atoms with Gasteiger partial charge in [0.1, 0.15) is 10.6 Å². The first-order valence-electron chi connectivity index (χ1n) is 10.7. The van der Waals surface area contributed by atoms with E-state index in [0.717, 1.165) is 35.8 Å². The number of nitrogens with zero attached hydrogens (tertiary/aromatic N) is 5. The Morgan fingerprint density at radius 1 is 1.15 bits per heavy atom. The van der Waals surface area contributed by atoms with E-state index in [0.29, 0.717) is 21.1 Å². The summed E-state index contributed by atoms with van der Waals surface area (Å²) in [6, 6.07) is 7.52. The molecule has 0 fully saturated rings. The Labute approximate surface area is 199 Å². The number of aromatic nitrogens is 6. The molecular weight excluding hydrogens is 477 g/mol. The van der Waals surface area contributed by atoms with Crippen molar-refractivity contribution in [2.24, 2.45) is 0 Å². The highest BCUT2D eigenvalue weighted by Crippen LogP contribution is 2.35. The van der Waals surface area contributed by atoms with Gasteiger partial charge in [-0.05, 0) is 43.4 Å². The highest BCUT2D eigenvalue weighted by atomic mass is 32.2. The lowest BCUT2D eigenvalue weighted by molar-refractivity contribution is 0.608. The standard InChI is InChI=1S/C22H18FN7O2S2/c23-13-6-2-3-7-14(13)29-19(32)17-12-5-1-4-8-15(12)34-18(17)26-22(29)33-10-11-9-16(31)30-21(25-11)27-20(24)28-30/h2-3,6-7,9H,1,4-5,8,10H2,(H3,24,25,27,28). The molecule has 1 aromatic carbocycles. The number of para-hydroxylation sites is 1. The molecule has 0 amide bonds. The molecule has 34 heavy (non-hydrogen) atoms. The molecule has 0 aliphatic heterocycles. The quantitative estimate of drug-likeness (QED) is 0.290. The van der Waals surface area contributed by atoms with Gasteiger partial charge in [0, 0.05) is 16.7 Å². The Morgan fingerprint density at radius 2 is 1.97 bits per heavy atom. The summed E-state index contributed by atoms with van der Waals surface area (Å²) < 4.78 is 17.3. The first kappa shape index (κ1) is 21.1. The third-order valence-corrected chi connectivity index (χ3v) is 7.96. The number of benzene rings is 1. The Bertz CT molecular complexity index is 1700. The van der Waals surface area contributed by atoms with Gasteiger partial charge < -0.3 is 5.73 Å². The van der Waals surface area contributed by atoms with E-state index < -0.39 is 5.82 Å². The minimum atomic E-state index is -0.513. The van der Waals surface area contributed by atoms with Crippen LogP contribution < -0.4 is 16.9 Å². The van der Waals surface area contributed by atoms with Gasteiger partial charge >= 0.3 is 0 Å². The molecule has 4 aromatic heterocycles. The number of thioether (sulfide) groups is 1. The molecule has 1 aliphatic carbocycles. The van der Waals surface area contributed by atoms with E-state index in [1.165, 1.54) is 44.7 Å². The topological polar surface area (TPSA) is 124 Å². The van der Waals surface area contributed by atoms with Crippen molar-refractivity contribution >= 4 is 45.0 Å². The van der Waals surface area contributed by atoms with Crippen molar-refractivity contribution in [3.05, 3.63) is 73.0 Å². The maximum atomic E-state index is 14.8. The Kier molecular flexibility index (Phi) is 4.99. The number of fused-ring (bicyclic) bond motifs is 4. The second-order valence-electron chi connectivity index (χ2n) is 8.00. The lowest BCUT2D eigenvalue weighted by atomic mass is 9.97. The molecule has 3 N–H and O–H groups in total. The molecule has 6 rings (SSSR count). The zero-order valence-electron chi connectivity index (χ0n) is 17.7. The van der Waals surface area contributed by atoms with Crippen LogP contribution in [0, 0.1) is 5.82 Å². The van der Waals surface area contributed by atoms with Crippen molar-refractivity contribution in [1.29, 1.82) is 0 Å². The molecule has 12 heteroatoms. The summed E-state index contributed by atoms with van der Waals surface area (Å²) in [7, 11) is 0. The maximum absolute atomic E-state index is 14.8. The molecule has 0 saturated heterocycles. The number of anilines is 1. The number of aromatic amines is 1. The zero-order valence-corrected chi connectivity index (χ0v) is 19.4. The predicted molar refractivity (Wildman–Crippen MR) is 129 cm³/mol. The molecule has 0 saturated carbocycles. The fourth-order valence-corrected chi connectivity index (χ4v) is 6.49. The van der Waals surface area contributed by atoms with Crippen LogP contribution >= 0.6 is 23.1 Å². The summed E-state index contributed by atoms with van der Waals surface area (Å²) in [4.78, 5) is 41.1. The van der Waals surface area contributed by atoms with Crippen LogP contribution in [0.15, 0.2) is 45.1 Å². The van der Waals surface area contributed by atoms with E-state index in [9.17, 15) is 14.0 Å². The average molecular weight is 496 g/mol. The van der Waals surface area contributed by atoms with Gasteiger partial charge in [0.15, 0.2) is 5.16 Å². The van der Waals surface area contributed by atoms with Gasteiger partial charge in [-0.1, -0.05) is 23.9 Å². The van der Waals surface area contributed by atoms with Crippen molar-refractivity contribution in [2.75, 3.05) is 5.73 Å². The third-order valence-electron chi connectivity index (χ3n) is 5.80. The Balaban J connectivity index is 1.49. The van der Waals surface area contributed by atoms with E-state index in [1.54, 1.807) is 18.2 Å². The average Bonchev–Trinajstić information content (AvgIpc) is 3.38. The number of nitrogen functional groups attached to an aromatic ring is 1. The molecule has 0 spiro atoms. The van der Waals surface area contributed by atoms with Crippen LogP contribution in [-0.4, -0.2) is 29.1 Å². The van der Waals surface area contributed by atoms with Crippen molar-refractivity contribution in [3.8, 4) is 5.69 Å². The number of thiophene rings is 1. The highest BCUT2D eigenvalue weighted by molar-refractivity contribution is 7.98. The molecular formula is C22H18FN7O2S2. The molecule has 9 nitrogen and oxygen atoms in total. The summed E-state index contributed by atoms with van der Waals surface area (Å²) in [5, 5.41) is 3.54. The number of halogens is 1. The summed E-state index contributed by atoms with van der Waals surface area (Å²) in [5.74, 6) is -0.0461. The Hall–Kier alpha value is -3.51. The van der Waals surface area contributed by atoms with Crippen molar-refractivity contribution < 1.29 is 4.39 Å². The van der Waals surface area contributed by atoms with Gasteiger partial charge in [0.2, 0.25) is 5.95 Å². The fourth-order valence-electron chi connectivity index (χ4n) is 4.28. The second-order valence-corrected chi connectivity index (χ2v) is 10.0. The van der Waals surface area contributed by atoms with Gasteiger partial charge in [-0.3, -0.25) is 19.3 Å². The second kappa shape index (κ2) is 8.06. The van der Waals surface area contributed by atoms with Crippen LogP contribution in [0.4, 0.5) is 10.3 Å². The molecule has 172 valence electrons. The van der Waals surface area contributed by atoms with Crippen LogP contribution in [0.3, 0.4) is 0 Å². The smallest absolute Gasteiger partial charge is 0.274 e. The van der Waals surface area contributed by atoms with Crippen molar-refractivity contribution in [1.82, 2.24) is 29.1 Å². The predicted octanol–water partition coefficient (Wildman–Crippen LogP) is 3.07. The summed E-state index contributed by atoms with van der Waals surface area (Å²) in [5.41, 5.74) is 6.63. The third kappa shape index (κ3) is 3.41. The lowest BCUT2D eigenvalue weighted by Gasteiger charge is -2.14. The number of hydrogen-bond donors (Lipinski definition) is 2. The molecule has 0 unspecified atom stereocenters. The first-order chi connectivity index (χ1) is 16.5. The number of H-pyrrole nitrogens is 1. The van der Waals surface area contributed by atoms with Crippen LogP contribution in [-0.2, 0) is 18.6 Å². The minimum Gasteiger partial charge on any atom is -0.368 e. The molecule has 0 atom stereocenters. The van der Waals surface area contributed by atoms with Gasteiger partial charge in [-0.25, -0.2) is 14.4 Å². The largest absolute Gasteiger partial charge is 0.368 e. The van der Waals surface area contributed by atoms with Crippen molar-refractivity contribution in [3.63, 3.8) is 0 Å². The molecule has 0 bridgehead atoms. The van der Waals surface area contributed by atoms with Gasteiger partial charge in [0.05, 0.1) is 16.8 Å². The van der Waals surface area contributed by atoms with Crippen LogP contribution in [0.2, 0.25) is 0 Å². The summed E-state index contributed by atoms with van der Waals surface area (Å²) in [6.45, 7) is 0. The summed E-state index contributed by atoms with van der Waals surface area (Å²) in [6.07, 6.45) is 3.87. The molecule has 1 aliphatic rings. The monoisotopic (exact) mass is 495 g/mol. The Morgan fingerprint density at radius 3 is 2.82 bits per heavy atom. The zero-order chi connectivity index (χ0) is 23.4. The number of rotatable bonds is 4. The lowest BCUT2D eigenvalue weighted by Crippen LogP contribution is -2.23. The number of hydrogen-bond acceptors (Lipinski definition) is 8. The maximum Gasteiger partial charge on any atom is 0.274 e. The SMILES string of the molecule is Nc1nc2nc(CSc3nc4sc5c(c4c(=O)n3-c3ccccc3F)CCCC5)cc(=O)n2[nH]1. The highest BCUT2D eigenvalue weighted by Gasteiger charge is 2.24. The fraction of sp³-hybridized carbons (Fsp3) is 0.227. The van der Waals surface area contributed by atoms with Gasteiger partial charge in [-0.2, -0.15) is 9.50 Å². The van der Waals surface area contributed by atoms with E-state index >= 15 is 0 Å². The van der Waals surface area contributed by atoms with Crippen LogP contribution in [0.1, 0.15) is 29.0 Å². The number of aryl methyl sites for hydroxylation is 2. The number of nitrogens with two attached hydrogens (primary N) is 1. The van der Waals surface area contributed by atoms with E-state index in [4.69, 9.17) is 10.7 Å². The number of nitrogens with one attached hydrogen (secondary N) is 1. The normalized spacial score (nSPS) is 13.6. The van der Waals surface area contributed by atoms with Crippen LogP contribution in [0.25, 0.3) is 21.7 Å². The van der Waals surface area contributed by atoms with E-state index in [2.05, 4.69) is 15.1 Å². The van der Waals surface area contributed by atoms with Crippen molar-refractivity contribution in [2.45, 2.75) is 36.6 Å². The molecule has 4 heterocycles. The van der Waals surface area contributed by atoms with E-state index in [1.807, 2.05) is 0 Å². The molecule has 0 radical (unpaired) electrons. The van der Waals surface area contributed by atoms with E-state index in [-0.39, 0.29) is 34.3 Å². The van der Waals surface area contributed by atoms with Gasteiger partial charge in [0.25, 0.3) is 16.9 Å². The van der Waals surface area contributed by atoms with Gasteiger partial charge in [-0.15, -0.1) is 11.3 Å². The first-order valence-corrected chi connectivity index (χ1v) is 12.5.